The SMILES string of the molecule is COC(=O)[C@@H]1[C@H](NC(=O)/C(=N\OC(C)(C)C(=O)O)c2csc(N)n2)C(=O)N1S(=O)(=O)O. The molecule has 2 heterocycles. The Morgan fingerprint density at radius 1 is 1.39 bits per heavy atom. The van der Waals surface area contributed by atoms with Crippen LogP contribution >= 0.6 is 11.3 Å². The number of methoxy groups -OCH3 is 1. The third-order valence-corrected chi connectivity index (χ3v) is 5.47. The van der Waals surface area contributed by atoms with Gasteiger partial charge in [-0.25, -0.2) is 14.6 Å². The summed E-state index contributed by atoms with van der Waals surface area (Å²) in [4.78, 5) is 56.6. The van der Waals surface area contributed by atoms with Gasteiger partial charge in [0.1, 0.15) is 11.7 Å². The van der Waals surface area contributed by atoms with Crippen molar-refractivity contribution in [2.24, 2.45) is 5.16 Å². The minimum Gasteiger partial charge on any atom is -0.478 e. The maximum atomic E-state index is 12.7. The topological polar surface area (TPSA) is 228 Å². The van der Waals surface area contributed by atoms with Gasteiger partial charge in [0.25, 0.3) is 11.8 Å². The number of carbonyl (C=O) groups excluding carboxylic acids is 3. The van der Waals surface area contributed by atoms with Crippen LogP contribution in [0.5, 0.6) is 0 Å². The summed E-state index contributed by atoms with van der Waals surface area (Å²) in [5.74, 6) is -5.14. The number of β-lactam (4-membered cyclic amide) rings is 1. The van der Waals surface area contributed by atoms with Gasteiger partial charge in [0, 0.05) is 5.38 Å². The number of oxime groups is 1. The monoisotopic (exact) mass is 479 g/mol. The van der Waals surface area contributed by atoms with Crippen LogP contribution in [0, 0.1) is 0 Å². The van der Waals surface area contributed by atoms with Crippen molar-refractivity contribution in [2.45, 2.75) is 31.5 Å². The minimum atomic E-state index is -5.11. The van der Waals surface area contributed by atoms with Gasteiger partial charge in [-0.05, 0) is 13.8 Å². The van der Waals surface area contributed by atoms with Crippen LogP contribution < -0.4 is 11.1 Å². The van der Waals surface area contributed by atoms with Gasteiger partial charge in [-0.15, -0.1) is 11.3 Å². The number of ether oxygens (including phenoxy) is 1. The molecule has 0 saturated carbocycles. The molecule has 17 heteroatoms. The predicted octanol–water partition coefficient (Wildman–Crippen LogP) is -2.02. The summed E-state index contributed by atoms with van der Waals surface area (Å²) in [5, 5.41) is 16.0. The van der Waals surface area contributed by atoms with Gasteiger partial charge >= 0.3 is 22.2 Å². The van der Waals surface area contributed by atoms with Crippen molar-refractivity contribution in [3.8, 4) is 0 Å². The summed E-state index contributed by atoms with van der Waals surface area (Å²) in [6.07, 6.45) is 0. The van der Waals surface area contributed by atoms with Crippen LogP contribution in [-0.4, -0.2) is 81.6 Å². The Balaban J connectivity index is 2.36. The Bertz CT molecular complexity index is 1060. The molecule has 1 aliphatic heterocycles. The van der Waals surface area contributed by atoms with Crippen LogP contribution in [0.15, 0.2) is 10.5 Å². The zero-order valence-corrected chi connectivity index (χ0v) is 17.8. The molecule has 0 radical (unpaired) electrons. The van der Waals surface area contributed by atoms with Crippen LogP contribution in [0.3, 0.4) is 0 Å². The lowest BCUT2D eigenvalue weighted by molar-refractivity contribution is -0.162. The molecule has 2 rings (SSSR count). The number of nitrogens with zero attached hydrogens (tertiary/aromatic N) is 3. The van der Waals surface area contributed by atoms with Crippen LogP contribution in [-0.2, 0) is 39.1 Å². The summed E-state index contributed by atoms with van der Waals surface area (Å²) >= 11 is 0.914. The lowest BCUT2D eigenvalue weighted by Crippen LogP contribution is -2.74. The number of nitrogen functional groups attached to an aromatic ring is 1. The molecule has 1 aromatic rings. The number of carbonyl (C=O) groups is 4. The van der Waals surface area contributed by atoms with Crippen molar-refractivity contribution in [1.29, 1.82) is 0 Å². The van der Waals surface area contributed by atoms with Crippen molar-refractivity contribution in [2.75, 3.05) is 12.8 Å². The fraction of sp³-hybridized carbons (Fsp3) is 0.429. The van der Waals surface area contributed by atoms with Crippen molar-refractivity contribution in [3.05, 3.63) is 11.1 Å². The number of thiazole rings is 1. The van der Waals surface area contributed by atoms with E-state index in [1.54, 1.807) is 0 Å². The summed E-state index contributed by atoms with van der Waals surface area (Å²) in [5.41, 5.74) is 2.92. The number of aliphatic carboxylic acids is 1. The second-order valence-electron chi connectivity index (χ2n) is 6.45. The molecule has 0 aliphatic carbocycles. The van der Waals surface area contributed by atoms with Crippen LogP contribution in [0.2, 0.25) is 0 Å². The molecule has 1 fully saturated rings. The molecule has 5 N–H and O–H groups in total. The average molecular weight is 479 g/mol. The van der Waals surface area contributed by atoms with E-state index >= 15 is 0 Å². The summed E-state index contributed by atoms with van der Waals surface area (Å²) in [7, 11) is -4.21. The normalized spacial score (nSPS) is 19.4. The van der Waals surface area contributed by atoms with E-state index in [4.69, 9.17) is 20.2 Å². The van der Waals surface area contributed by atoms with E-state index in [1.165, 1.54) is 5.38 Å². The number of rotatable bonds is 8. The van der Waals surface area contributed by atoms with Crippen molar-refractivity contribution in [1.82, 2.24) is 14.6 Å². The Kier molecular flexibility index (Phi) is 6.52. The maximum Gasteiger partial charge on any atom is 0.363 e. The molecule has 15 nitrogen and oxygen atoms in total. The van der Waals surface area contributed by atoms with Gasteiger partial charge in [0.2, 0.25) is 5.60 Å². The van der Waals surface area contributed by atoms with E-state index in [0.29, 0.717) is 0 Å². The largest absolute Gasteiger partial charge is 0.478 e. The molecular weight excluding hydrogens is 462 g/mol. The minimum absolute atomic E-state index is 0.0256. The molecule has 31 heavy (non-hydrogen) atoms. The van der Waals surface area contributed by atoms with E-state index < -0.39 is 57.5 Å². The highest BCUT2D eigenvalue weighted by Crippen LogP contribution is 2.25. The Labute approximate surface area is 178 Å². The molecule has 2 amide bonds. The highest BCUT2D eigenvalue weighted by atomic mass is 32.2. The number of carboxylic acid groups (broad SMARTS) is 1. The number of hydrogen-bond acceptors (Lipinski definition) is 12. The first-order valence-electron chi connectivity index (χ1n) is 8.11. The molecule has 170 valence electrons. The highest BCUT2D eigenvalue weighted by Gasteiger charge is 2.58. The molecule has 0 unspecified atom stereocenters. The number of anilines is 1. The number of aromatic nitrogens is 1. The summed E-state index contributed by atoms with van der Waals surface area (Å²) in [6.45, 7) is 2.30. The second kappa shape index (κ2) is 8.44. The lowest BCUT2D eigenvalue weighted by Gasteiger charge is -2.41. The van der Waals surface area contributed by atoms with E-state index in [-0.39, 0.29) is 15.1 Å². The molecule has 1 aliphatic rings. The molecule has 0 bridgehead atoms. The Hall–Kier alpha value is -3.31. The number of nitrogens with one attached hydrogen (secondary N) is 1. The van der Waals surface area contributed by atoms with Gasteiger partial charge in [-0.2, -0.15) is 12.7 Å². The Morgan fingerprint density at radius 2 is 2.00 bits per heavy atom. The molecule has 0 aromatic carbocycles. The number of esters is 1. The lowest BCUT2D eigenvalue weighted by atomic mass is 9.98. The van der Waals surface area contributed by atoms with Crippen molar-refractivity contribution >= 4 is 56.2 Å². The van der Waals surface area contributed by atoms with Gasteiger partial charge in [0.15, 0.2) is 16.9 Å². The van der Waals surface area contributed by atoms with Crippen molar-refractivity contribution < 1.29 is 46.8 Å². The van der Waals surface area contributed by atoms with Gasteiger partial charge in [0.05, 0.1) is 7.11 Å². The quantitative estimate of drug-likeness (QED) is 0.104. The number of hydrogen-bond donors (Lipinski definition) is 4. The molecule has 1 saturated heterocycles. The van der Waals surface area contributed by atoms with Crippen molar-refractivity contribution in [3.63, 3.8) is 0 Å². The first-order valence-corrected chi connectivity index (χ1v) is 10.4. The van der Waals surface area contributed by atoms with Crippen LogP contribution in [0.1, 0.15) is 19.5 Å². The number of carboxylic acids is 1. The number of nitrogens with two attached hydrogens (primary N) is 1. The molecular formula is C14H17N5O10S2. The van der Waals surface area contributed by atoms with E-state index in [9.17, 15) is 27.6 Å². The second-order valence-corrected chi connectivity index (χ2v) is 8.63. The summed E-state index contributed by atoms with van der Waals surface area (Å²) in [6, 6.07) is -3.62. The zero-order chi connectivity index (χ0) is 23.7. The fourth-order valence-corrected chi connectivity index (χ4v) is 3.61. The third-order valence-electron chi connectivity index (χ3n) is 3.89. The average Bonchev–Trinajstić information content (AvgIpc) is 3.07. The van der Waals surface area contributed by atoms with Crippen LogP contribution in [0.4, 0.5) is 5.13 Å². The highest BCUT2D eigenvalue weighted by molar-refractivity contribution is 7.84. The first kappa shape index (κ1) is 24.0. The van der Waals surface area contributed by atoms with E-state index in [1.807, 2.05) is 0 Å². The molecule has 0 spiro atoms. The fourth-order valence-electron chi connectivity index (χ4n) is 2.22. The smallest absolute Gasteiger partial charge is 0.363 e. The van der Waals surface area contributed by atoms with Crippen LogP contribution in [0.25, 0.3) is 0 Å². The van der Waals surface area contributed by atoms with Gasteiger partial charge in [-0.3, -0.25) is 14.1 Å². The summed E-state index contributed by atoms with van der Waals surface area (Å²) < 4.78 is 36.0. The van der Waals surface area contributed by atoms with E-state index in [2.05, 4.69) is 20.2 Å². The first-order chi connectivity index (χ1) is 14.2. The predicted molar refractivity (Wildman–Crippen MR) is 102 cm³/mol. The molecule has 2 atom stereocenters. The number of amides is 2. The zero-order valence-electron chi connectivity index (χ0n) is 16.1. The standard InChI is InChI=1S/C14H17N5O10S2/c1-14(2,12(23)24)29-18-6(5-4-30-13(15)16-5)9(20)17-7-8(11(22)28-3)19(10(7)21)31(25,26)27/h4,7-8H,1-3H3,(H2,15,16)(H,17,20)(H,23,24)(H,25,26,27)/b18-6-/t7-,8-/m0/s1. The Morgan fingerprint density at radius 3 is 2.45 bits per heavy atom. The molecule has 1 aromatic heterocycles. The van der Waals surface area contributed by atoms with E-state index in [0.717, 1.165) is 32.3 Å². The maximum absolute atomic E-state index is 12.7. The third kappa shape index (κ3) is 4.89. The van der Waals surface area contributed by atoms with Gasteiger partial charge < -0.3 is 25.7 Å². The van der Waals surface area contributed by atoms with Gasteiger partial charge in [-0.1, -0.05) is 5.16 Å².